The minimum atomic E-state index is -0.282. The molecule has 160 valence electrons. The molecule has 2 heterocycles. The Morgan fingerprint density at radius 1 is 1.13 bits per heavy atom. The molecule has 4 rings (SSSR count). The third-order valence-corrected chi connectivity index (χ3v) is 6.56. The quantitative estimate of drug-likeness (QED) is 0.782. The first-order chi connectivity index (χ1) is 14.3. The Bertz CT molecular complexity index is 913. The van der Waals surface area contributed by atoms with Crippen molar-refractivity contribution in [3.8, 4) is 5.75 Å². The van der Waals surface area contributed by atoms with Crippen molar-refractivity contribution in [3.05, 3.63) is 64.7 Å². The topological polar surface area (TPSA) is 41.6 Å². The summed E-state index contributed by atoms with van der Waals surface area (Å²) in [5, 5.41) is 3.36. The Balaban J connectivity index is 1.37. The van der Waals surface area contributed by atoms with Crippen LogP contribution >= 0.6 is 0 Å². The summed E-state index contributed by atoms with van der Waals surface area (Å²) in [4.78, 5) is 15.6. The lowest BCUT2D eigenvalue weighted by Gasteiger charge is -2.39. The summed E-state index contributed by atoms with van der Waals surface area (Å²) in [7, 11) is 0. The van der Waals surface area contributed by atoms with E-state index in [9.17, 15) is 4.79 Å². The first-order valence-corrected chi connectivity index (χ1v) is 11.2. The summed E-state index contributed by atoms with van der Waals surface area (Å²) in [6.45, 7) is 11.4. The van der Waals surface area contributed by atoms with Crippen molar-refractivity contribution >= 4 is 5.91 Å². The number of nitrogens with one attached hydrogen (secondary N) is 1. The number of ether oxygens (including phenoxy) is 1. The van der Waals surface area contributed by atoms with E-state index in [1.54, 1.807) is 0 Å². The number of aryl methyl sites for hydroxylation is 2. The minimum absolute atomic E-state index is 0.0156. The molecule has 1 amide bonds. The number of carbonyl (C=O) groups is 1. The predicted octanol–water partition coefficient (Wildman–Crippen LogP) is 4.93. The van der Waals surface area contributed by atoms with Gasteiger partial charge in [0.2, 0.25) is 5.91 Å². The molecule has 2 aliphatic heterocycles. The molecule has 2 aliphatic rings. The zero-order chi connectivity index (χ0) is 21.3. The van der Waals surface area contributed by atoms with Gasteiger partial charge in [-0.05, 0) is 76.4 Å². The van der Waals surface area contributed by atoms with Crippen LogP contribution in [0.15, 0.2) is 42.5 Å². The van der Waals surface area contributed by atoms with Crippen LogP contribution < -0.4 is 10.1 Å². The molecule has 2 aromatic rings. The number of benzene rings is 2. The van der Waals surface area contributed by atoms with Crippen LogP contribution in [0, 0.1) is 19.8 Å². The van der Waals surface area contributed by atoms with Crippen molar-refractivity contribution in [1.29, 1.82) is 0 Å². The highest BCUT2D eigenvalue weighted by Gasteiger charge is 2.36. The van der Waals surface area contributed by atoms with Gasteiger partial charge in [0.15, 0.2) is 0 Å². The monoisotopic (exact) mass is 406 g/mol. The first-order valence-electron chi connectivity index (χ1n) is 11.2. The fourth-order valence-electron chi connectivity index (χ4n) is 4.76. The van der Waals surface area contributed by atoms with E-state index in [-0.39, 0.29) is 23.5 Å². The fraction of sp³-hybridized carbons (Fsp3) is 0.500. The summed E-state index contributed by atoms with van der Waals surface area (Å²) < 4.78 is 6.18. The second-order valence-corrected chi connectivity index (χ2v) is 9.65. The zero-order valence-electron chi connectivity index (χ0n) is 18.7. The molecule has 4 heteroatoms. The van der Waals surface area contributed by atoms with Crippen molar-refractivity contribution in [2.45, 2.75) is 65.1 Å². The highest BCUT2D eigenvalue weighted by molar-refractivity contribution is 5.79. The summed E-state index contributed by atoms with van der Waals surface area (Å²) in [6.07, 6.45) is 2.64. The third-order valence-electron chi connectivity index (χ3n) is 6.56. The van der Waals surface area contributed by atoms with E-state index in [0.29, 0.717) is 0 Å². The molecule has 2 aromatic carbocycles. The van der Waals surface area contributed by atoms with E-state index < -0.39 is 0 Å². The van der Waals surface area contributed by atoms with Crippen LogP contribution in [-0.2, 0) is 11.3 Å². The maximum atomic E-state index is 13.1. The van der Waals surface area contributed by atoms with Gasteiger partial charge in [-0.3, -0.25) is 9.69 Å². The molecule has 30 heavy (non-hydrogen) atoms. The molecule has 0 bridgehead atoms. The second-order valence-electron chi connectivity index (χ2n) is 9.65. The second kappa shape index (κ2) is 8.43. The molecule has 0 radical (unpaired) electrons. The van der Waals surface area contributed by atoms with E-state index >= 15 is 0 Å². The molecule has 1 N–H and O–H groups in total. The Hall–Kier alpha value is -2.33. The lowest BCUT2D eigenvalue weighted by Crippen LogP contribution is -2.45. The number of piperidine rings is 1. The van der Waals surface area contributed by atoms with Gasteiger partial charge >= 0.3 is 0 Å². The Morgan fingerprint density at radius 3 is 2.60 bits per heavy atom. The molecule has 1 saturated heterocycles. The molecule has 0 spiro atoms. The Morgan fingerprint density at radius 2 is 1.87 bits per heavy atom. The van der Waals surface area contributed by atoms with Crippen molar-refractivity contribution < 1.29 is 9.53 Å². The summed E-state index contributed by atoms with van der Waals surface area (Å²) in [6, 6.07) is 14.9. The van der Waals surface area contributed by atoms with Gasteiger partial charge in [-0.1, -0.05) is 36.4 Å². The van der Waals surface area contributed by atoms with Crippen LogP contribution in [-0.4, -0.2) is 29.5 Å². The molecule has 0 saturated carbocycles. The minimum Gasteiger partial charge on any atom is -0.487 e. The number of amides is 1. The Labute approximate surface area is 180 Å². The van der Waals surface area contributed by atoms with Crippen LogP contribution in [0.2, 0.25) is 0 Å². The van der Waals surface area contributed by atoms with Gasteiger partial charge in [0, 0.05) is 24.4 Å². The van der Waals surface area contributed by atoms with Crippen LogP contribution in [0.3, 0.4) is 0 Å². The normalized spacial score (nSPS) is 21.5. The van der Waals surface area contributed by atoms with Gasteiger partial charge in [-0.25, -0.2) is 0 Å². The molecule has 4 nitrogen and oxygen atoms in total. The number of carbonyl (C=O) groups excluding carboxylic acids is 1. The van der Waals surface area contributed by atoms with E-state index in [0.717, 1.165) is 50.2 Å². The van der Waals surface area contributed by atoms with Crippen LogP contribution in [0.1, 0.15) is 61.4 Å². The summed E-state index contributed by atoms with van der Waals surface area (Å²) in [5.74, 6) is 1.20. The van der Waals surface area contributed by atoms with Crippen LogP contribution in [0.4, 0.5) is 0 Å². The highest BCUT2D eigenvalue weighted by Crippen LogP contribution is 2.40. The largest absolute Gasteiger partial charge is 0.487 e. The van der Waals surface area contributed by atoms with E-state index in [1.807, 2.05) is 0 Å². The van der Waals surface area contributed by atoms with Gasteiger partial charge in [-0.2, -0.15) is 0 Å². The average molecular weight is 407 g/mol. The number of nitrogens with zero attached hydrogens (tertiary/aromatic N) is 1. The van der Waals surface area contributed by atoms with Gasteiger partial charge in [-0.15, -0.1) is 0 Å². The number of rotatable bonds is 4. The van der Waals surface area contributed by atoms with Gasteiger partial charge in [0.1, 0.15) is 11.4 Å². The average Bonchev–Trinajstić information content (AvgIpc) is 2.69. The van der Waals surface area contributed by atoms with Gasteiger partial charge in [0.05, 0.1) is 6.04 Å². The SMILES string of the molecule is Cc1ccc2c(c1)OC(C)(C)C[C@H]2NC(=O)C1CCN(Cc2ccccc2C)CC1. The lowest BCUT2D eigenvalue weighted by molar-refractivity contribution is -0.127. The highest BCUT2D eigenvalue weighted by atomic mass is 16.5. The number of fused-ring (bicyclic) bond motifs is 1. The number of hydrogen-bond acceptors (Lipinski definition) is 3. The lowest BCUT2D eigenvalue weighted by atomic mass is 9.88. The molecular formula is C26H34N2O2. The molecular weight excluding hydrogens is 372 g/mol. The number of hydrogen-bond donors (Lipinski definition) is 1. The molecule has 1 fully saturated rings. The van der Waals surface area contributed by atoms with E-state index in [1.165, 1.54) is 16.7 Å². The maximum Gasteiger partial charge on any atom is 0.223 e. The molecule has 0 aliphatic carbocycles. The molecule has 0 aromatic heterocycles. The first kappa shape index (κ1) is 20.9. The van der Waals surface area contributed by atoms with Gasteiger partial charge < -0.3 is 10.1 Å². The summed E-state index contributed by atoms with van der Waals surface area (Å²) >= 11 is 0. The van der Waals surface area contributed by atoms with E-state index in [4.69, 9.17) is 4.74 Å². The van der Waals surface area contributed by atoms with Crippen LogP contribution in [0.25, 0.3) is 0 Å². The van der Waals surface area contributed by atoms with Crippen molar-refractivity contribution in [1.82, 2.24) is 10.2 Å². The van der Waals surface area contributed by atoms with Crippen molar-refractivity contribution in [3.63, 3.8) is 0 Å². The van der Waals surface area contributed by atoms with Crippen LogP contribution in [0.5, 0.6) is 5.75 Å². The predicted molar refractivity (Wildman–Crippen MR) is 121 cm³/mol. The summed E-state index contributed by atoms with van der Waals surface area (Å²) in [5.41, 5.74) is 4.73. The van der Waals surface area contributed by atoms with Gasteiger partial charge in [0.25, 0.3) is 0 Å². The maximum absolute atomic E-state index is 13.1. The fourth-order valence-corrected chi connectivity index (χ4v) is 4.76. The number of likely N-dealkylation sites (tertiary alicyclic amines) is 1. The third kappa shape index (κ3) is 4.70. The molecule has 0 unspecified atom stereocenters. The van der Waals surface area contributed by atoms with Crippen molar-refractivity contribution in [2.75, 3.05) is 13.1 Å². The zero-order valence-corrected chi connectivity index (χ0v) is 18.7. The molecule has 1 atom stereocenters. The Kier molecular flexibility index (Phi) is 5.88. The standard InChI is InChI=1S/C26H34N2O2/c1-18-9-10-22-23(16-26(3,4)30-24(22)15-18)27-25(29)20-11-13-28(14-12-20)17-21-8-6-5-7-19(21)2/h5-10,15,20,23H,11-14,16-17H2,1-4H3,(H,27,29)/t23-/m1/s1. The smallest absolute Gasteiger partial charge is 0.223 e. The van der Waals surface area contributed by atoms with E-state index in [2.05, 4.69) is 80.4 Å². The van der Waals surface area contributed by atoms with Crippen molar-refractivity contribution in [2.24, 2.45) is 5.92 Å².